The number of rotatable bonds is 28. The Balaban J connectivity index is 2.98. The van der Waals surface area contributed by atoms with Crippen molar-refractivity contribution in [3.05, 3.63) is 0 Å². The molecule has 0 atom stereocenters. The summed E-state index contributed by atoms with van der Waals surface area (Å²) in [6.45, 7) is 2.31. The van der Waals surface area contributed by atoms with Crippen molar-refractivity contribution in [2.45, 2.75) is 191 Å². The summed E-state index contributed by atoms with van der Waals surface area (Å²) in [5, 5.41) is 0. The molecule has 0 fully saturated rings. The normalized spacial score (nSPS) is 11.4. The zero-order valence-electron chi connectivity index (χ0n) is 22.0. The molecule has 0 heterocycles. The average Bonchev–Trinajstić information content (AvgIpc) is 2.78. The summed E-state index contributed by atoms with van der Waals surface area (Å²) in [5.74, 6) is 0. The van der Waals surface area contributed by atoms with E-state index in [9.17, 15) is 0 Å². The molecule has 0 spiro atoms. The third kappa shape index (κ3) is 30.8. The van der Waals surface area contributed by atoms with Gasteiger partial charge in [0.15, 0.2) is 0 Å². The molecule has 31 heavy (non-hydrogen) atoms. The number of hydrogen-bond acceptors (Lipinski definition) is 0. The van der Waals surface area contributed by atoms with E-state index < -0.39 is 0 Å². The predicted molar refractivity (Wildman–Crippen MR) is 146 cm³/mol. The van der Waals surface area contributed by atoms with Crippen molar-refractivity contribution in [3.63, 3.8) is 0 Å². The average molecular weight is 544 g/mol. The first-order valence-electron chi connectivity index (χ1n) is 15.0. The van der Waals surface area contributed by atoms with Crippen molar-refractivity contribution in [1.82, 2.24) is 0 Å². The molecular formula is C30H61Sb. The van der Waals surface area contributed by atoms with Crippen LogP contribution in [-0.4, -0.2) is 23.0 Å². The molecule has 0 N–H and O–H groups in total. The summed E-state index contributed by atoms with van der Waals surface area (Å²) in [4.78, 5) is 0. The van der Waals surface area contributed by atoms with Gasteiger partial charge in [0.1, 0.15) is 0 Å². The van der Waals surface area contributed by atoms with Gasteiger partial charge in [0.2, 0.25) is 0 Å². The monoisotopic (exact) mass is 542 g/mol. The van der Waals surface area contributed by atoms with Crippen LogP contribution < -0.4 is 0 Å². The fourth-order valence-electron chi connectivity index (χ4n) is 4.78. The standard InChI is InChI=1S/C30H61.Sb/c1-3-5-7-9-11-13-15-17-19-21-23-25-27-29-30-28-26-24-22-20-18-16-14-12-10-8-6-4-2;/h1,3-30H2,2H3;. The Bertz CT molecular complexity index is 260. The van der Waals surface area contributed by atoms with Gasteiger partial charge >= 0.3 is 98.0 Å². The van der Waals surface area contributed by atoms with Gasteiger partial charge in [-0.05, 0) is 0 Å². The van der Waals surface area contributed by atoms with E-state index in [1.807, 2.05) is 23.0 Å². The van der Waals surface area contributed by atoms with Gasteiger partial charge in [0.25, 0.3) is 0 Å². The topological polar surface area (TPSA) is 0 Å². The second kappa shape index (κ2) is 30.8. The Hall–Kier alpha value is 0.818. The maximum atomic E-state index is 2.31. The molecule has 0 nitrogen and oxygen atoms in total. The van der Waals surface area contributed by atoms with Crippen molar-refractivity contribution < 1.29 is 0 Å². The number of hydrogen-bond donors (Lipinski definition) is 0. The van der Waals surface area contributed by atoms with E-state index in [1.54, 1.807) is 0 Å². The molecule has 0 unspecified atom stereocenters. The summed E-state index contributed by atoms with van der Waals surface area (Å²) in [6.07, 6.45) is 41.6. The molecule has 0 bridgehead atoms. The first-order chi connectivity index (χ1) is 15.4. The van der Waals surface area contributed by atoms with Crippen molar-refractivity contribution >= 4 is 23.0 Å². The van der Waals surface area contributed by atoms with E-state index >= 15 is 0 Å². The van der Waals surface area contributed by atoms with Crippen LogP contribution in [0.5, 0.6) is 0 Å². The van der Waals surface area contributed by atoms with E-state index in [4.69, 9.17) is 0 Å². The Labute approximate surface area is 213 Å². The van der Waals surface area contributed by atoms with Gasteiger partial charge in [-0.3, -0.25) is 0 Å². The summed E-state index contributed by atoms with van der Waals surface area (Å²) in [5.41, 5.74) is 0. The van der Waals surface area contributed by atoms with Crippen LogP contribution >= 0.6 is 0 Å². The van der Waals surface area contributed by atoms with Crippen molar-refractivity contribution in [1.29, 1.82) is 0 Å². The molecule has 0 rings (SSSR count). The second-order valence-electron chi connectivity index (χ2n) is 10.3. The van der Waals surface area contributed by atoms with E-state index in [2.05, 4.69) is 6.92 Å². The minimum absolute atomic E-state index is 1.37. The minimum atomic E-state index is 1.37. The zero-order valence-corrected chi connectivity index (χ0v) is 24.5. The van der Waals surface area contributed by atoms with Crippen LogP contribution in [0.2, 0.25) is 4.37 Å². The summed E-state index contributed by atoms with van der Waals surface area (Å²) in [6, 6.07) is 0. The Morgan fingerprint density at radius 1 is 0.258 bits per heavy atom. The van der Waals surface area contributed by atoms with Gasteiger partial charge in [-0.2, -0.15) is 0 Å². The van der Waals surface area contributed by atoms with Gasteiger partial charge in [0.05, 0.1) is 0 Å². The van der Waals surface area contributed by atoms with Crippen LogP contribution in [0, 0.1) is 0 Å². The zero-order chi connectivity index (χ0) is 22.5. The molecular weight excluding hydrogens is 482 g/mol. The molecule has 0 aliphatic carbocycles. The van der Waals surface area contributed by atoms with Crippen LogP contribution in [0.1, 0.15) is 187 Å². The van der Waals surface area contributed by atoms with Gasteiger partial charge in [0, 0.05) is 0 Å². The SMILES string of the molecule is CCCCCCCCCCCCCCCCCCCCCCCCCCCCC[CH2][Sb]. The van der Waals surface area contributed by atoms with E-state index in [0.717, 1.165) is 0 Å². The molecule has 186 valence electrons. The predicted octanol–water partition coefficient (Wildman–Crippen LogP) is 11.5. The van der Waals surface area contributed by atoms with Gasteiger partial charge < -0.3 is 0 Å². The van der Waals surface area contributed by atoms with E-state index in [0.29, 0.717) is 0 Å². The number of unbranched alkanes of at least 4 members (excludes halogenated alkanes) is 27. The summed E-state index contributed by atoms with van der Waals surface area (Å²) in [7, 11) is 0. The fraction of sp³-hybridized carbons (Fsp3) is 1.00. The van der Waals surface area contributed by atoms with Crippen LogP contribution in [0.4, 0.5) is 0 Å². The van der Waals surface area contributed by atoms with Gasteiger partial charge in [-0.1, -0.05) is 116 Å². The molecule has 2 radical (unpaired) electrons. The van der Waals surface area contributed by atoms with Crippen LogP contribution in [0.3, 0.4) is 0 Å². The van der Waals surface area contributed by atoms with Crippen LogP contribution in [0.15, 0.2) is 0 Å². The molecule has 0 aromatic carbocycles. The van der Waals surface area contributed by atoms with E-state index in [-0.39, 0.29) is 0 Å². The Morgan fingerprint density at radius 3 is 0.581 bits per heavy atom. The third-order valence-corrected chi connectivity index (χ3v) is 7.91. The van der Waals surface area contributed by atoms with Crippen molar-refractivity contribution in [2.75, 3.05) is 0 Å². The quantitative estimate of drug-likeness (QED) is 0.0680. The fourth-order valence-corrected chi connectivity index (χ4v) is 5.42. The van der Waals surface area contributed by atoms with Crippen molar-refractivity contribution in [3.8, 4) is 0 Å². The molecule has 1 heteroatoms. The molecule has 0 aromatic heterocycles. The Kier molecular flexibility index (Phi) is 31.6. The van der Waals surface area contributed by atoms with Gasteiger partial charge in [-0.25, -0.2) is 0 Å². The van der Waals surface area contributed by atoms with Crippen LogP contribution in [-0.2, 0) is 0 Å². The molecule has 0 saturated heterocycles. The van der Waals surface area contributed by atoms with Crippen molar-refractivity contribution in [2.24, 2.45) is 0 Å². The second-order valence-corrected chi connectivity index (χ2v) is 11.5. The molecule has 0 aliphatic rings. The molecule has 0 saturated carbocycles. The first kappa shape index (κ1) is 31.8. The molecule has 0 aromatic rings. The summed E-state index contributed by atoms with van der Waals surface area (Å²) >= 11 is 1.98. The van der Waals surface area contributed by atoms with E-state index in [1.165, 1.54) is 184 Å². The third-order valence-electron chi connectivity index (χ3n) is 7.01. The maximum absolute atomic E-state index is 2.31. The molecule has 0 amide bonds. The molecule has 0 aliphatic heterocycles. The Morgan fingerprint density at radius 2 is 0.419 bits per heavy atom. The van der Waals surface area contributed by atoms with Crippen LogP contribution in [0.25, 0.3) is 0 Å². The first-order valence-corrected chi connectivity index (χ1v) is 16.8. The summed E-state index contributed by atoms with van der Waals surface area (Å²) < 4.78 is 1.42. The van der Waals surface area contributed by atoms with Gasteiger partial charge in [-0.15, -0.1) is 0 Å².